The number of rotatable bonds is 4. The fourth-order valence-electron chi connectivity index (χ4n) is 3.32. The molecule has 1 fully saturated rings. The van der Waals surface area contributed by atoms with E-state index >= 15 is 0 Å². The van der Waals surface area contributed by atoms with Crippen molar-refractivity contribution in [2.45, 2.75) is 25.3 Å². The number of nitrogens with zero attached hydrogens (tertiary/aromatic N) is 1. The number of hydrogen-bond donors (Lipinski definition) is 1. The van der Waals surface area contributed by atoms with Gasteiger partial charge in [-0.3, -0.25) is 4.90 Å². The largest absolute Gasteiger partial charge is 0.478 e. The van der Waals surface area contributed by atoms with Crippen LogP contribution < -0.4 is 0 Å². The molecule has 126 valence electrons. The Morgan fingerprint density at radius 1 is 1.17 bits per heavy atom. The minimum Gasteiger partial charge on any atom is -0.478 e. The first-order valence-electron chi connectivity index (χ1n) is 8.02. The zero-order chi connectivity index (χ0) is 17.1. The molecule has 0 radical (unpaired) electrons. The Hall–Kier alpha value is -1.91. The summed E-state index contributed by atoms with van der Waals surface area (Å²) < 4.78 is 13.5. The standard InChI is InChI=1S/C19H19ClFNO2/c20-15-3-1-13(2-4-15)12-22-9-7-14(8-10-22)18-11-16(21)5-6-17(18)19(23)24/h1-6,11,14H,7-10,12H2,(H,23,24). The number of carboxylic acids is 1. The number of benzene rings is 2. The van der Waals surface area contributed by atoms with Crippen LogP contribution in [0.2, 0.25) is 5.02 Å². The van der Waals surface area contributed by atoms with Gasteiger partial charge in [-0.1, -0.05) is 23.7 Å². The van der Waals surface area contributed by atoms with Gasteiger partial charge in [0.05, 0.1) is 5.56 Å². The summed E-state index contributed by atoms with van der Waals surface area (Å²) in [5, 5.41) is 10.0. The lowest BCUT2D eigenvalue weighted by molar-refractivity contribution is 0.0694. The van der Waals surface area contributed by atoms with Gasteiger partial charge in [0, 0.05) is 11.6 Å². The second-order valence-electron chi connectivity index (χ2n) is 6.21. The Kier molecular flexibility index (Phi) is 5.17. The molecule has 0 spiro atoms. The highest BCUT2D eigenvalue weighted by Gasteiger charge is 2.24. The zero-order valence-electron chi connectivity index (χ0n) is 13.2. The number of likely N-dealkylation sites (tertiary alicyclic amines) is 1. The Morgan fingerprint density at radius 3 is 2.46 bits per heavy atom. The molecule has 3 rings (SSSR count). The number of piperidine rings is 1. The minimum absolute atomic E-state index is 0.0910. The Balaban J connectivity index is 1.66. The first kappa shape index (κ1) is 16.9. The van der Waals surface area contributed by atoms with Crippen molar-refractivity contribution in [1.82, 2.24) is 4.90 Å². The van der Waals surface area contributed by atoms with Crippen LogP contribution in [0.25, 0.3) is 0 Å². The molecule has 0 aliphatic carbocycles. The molecular weight excluding hydrogens is 329 g/mol. The number of hydrogen-bond acceptors (Lipinski definition) is 2. The summed E-state index contributed by atoms with van der Waals surface area (Å²) in [7, 11) is 0. The van der Waals surface area contributed by atoms with Gasteiger partial charge in [0.15, 0.2) is 0 Å². The number of carboxylic acid groups (broad SMARTS) is 1. The second-order valence-corrected chi connectivity index (χ2v) is 6.65. The molecule has 5 heteroatoms. The topological polar surface area (TPSA) is 40.5 Å². The van der Waals surface area contributed by atoms with Gasteiger partial charge in [-0.2, -0.15) is 0 Å². The number of aromatic carboxylic acids is 1. The van der Waals surface area contributed by atoms with E-state index in [1.807, 2.05) is 24.3 Å². The summed E-state index contributed by atoms with van der Waals surface area (Å²) in [5.41, 5.74) is 2.04. The highest BCUT2D eigenvalue weighted by Crippen LogP contribution is 2.31. The van der Waals surface area contributed by atoms with Gasteiger partial charge in [0.25, 0.3) is 0 Å². The highest BCUT2D eigenvalue weighted by atomic mass is 35.5. The summed E-state index contributed by atoms with van der Waals surface area (Å²) in [6.45, 7) is 2.57. The lowest BCUT2D eigenvalue weighted by atomic mass is 9.86. The monoisotopic (exact) mass is 347 g/mol. The van der Waals surface area contributed by atoms with Crippen LogP contribution in [-0.2, 0) is 6.54 Å². The van der Waals surface area contributed by atoms with Crippen LogP contribution >= 0.6 is 11.6 Å². The van der Waals surface area contributed by atoms with E-state index in [4.69, 9.17) is 11.6 Å². The molecule has 0 unspecified atom stereocenters. The molecule has 3 nitrogen and oxygen atoms in total. The third-order valence-electron chi connectivity index (χ3n) is 4.59. The molecule has 24 heavy (non-hydrogen) atoms. The van der Waals surface area contributed by atoms with Crippen molar-refractivity contribution in [3.63, 3.8) is 0 Å². The predicted molar refractivity (Wildman–Crippen MR) is 92.1 cm³/mol. The molecule has 1 heterocycles. The molecule has 1 N–H and O–H groups in total. The van der Waals surface area contributed by atoms with Crippen LogP contribution in [0.5, 0.6) is 0 Å². The fraction of sp³-hybridized carbons (Fsp3) is 0.316. The van der Waals surface area contributed by atoms with Crippen LogP contribution in [0.3, 0.4) is 0 Å². The molecule has 1 saturated heterocycles. The normalized spacial score (nSPS) is 16.2. The Bertz CT molecular complexity index is 725. The van der Waals surface area contributed by atoms with E-state index in [1.165, 1.54) is 23.8 Å². The van der Waals surface area contributed by atoms with E-state index in [2.05, 4.69) is 4.90 Å². The van der Waals surface area contributed by atoms with E-state index in [1.54, 1.807) is 0 Å². The van der Waals surface area contributed by atoms with Gasteiger partial charge in [-0.05, 0) is 73.3 Å². The zero-order valence-corrected chi connectivity index (χ0v) is 14.0. The Labute approximate surface area is 145 Å². The van der Waals surface area contributed by atoms with Crippen LogP contribution in [-0.4, -0.2) is 29.1 Å². The summed E-state index contributed by atoms with van der Waals surface area (Å²) in [6.07, 6.45) is 1.66. The first-order chi connectivity index (χ1) is 11.5. The average molecular weight is 348 g/mol. The van der Waals surface area contributed by atoms with E-state index in [-0.39, 0.29) is 17.3 Å². The molecule has 1 aliphatic rings. The van der Waals surface area contributed by atoms with Crippen molar-refractivity contribution >= 4 is 17.6 Å². The lowest BCUT2D eigenvalue weighted by Gasteiger charge is -2.32. The Morgan fingerprint density at radius 2 is 1.83 bits per heavy atom. The molecule has 0 aromatic heterocycles. The maximum Gasteiger partial charge on any atom is 0.335 e. The summed E-state index contributed by atoms with van der Waals surface area (Å²) in [4.78, 5) is 13.7. The van der Waals surface area contributed by atoms with Gasteiger partial charge in [0.2, 0.25) is 0 Å². The van der Waals surface area contributed by atoms with Crippen molar-refractivity contribution < 1.29 is 14.3 Å². The molecular formula is C19H19ClFNO2. The van der Waals surface area contributed by atoms with Crippen molar-refractivity contribution in [2.24, 2.45) is 0 Å². The maximum atomic E-state index is 13.5. The van der Waals surface area contributed by atoms with Crippen LogP contribution in [0.15, 0.2) is 42.5 Å². The van der Waals surface area contributed by atoms with Gasteiger partial charge >= 0.3 is 5.97 Å². The van der Waals surface area contributed by atoms with E-state index in [0.717, 1.165) is 37.5 Å². The molecule has 0 amide bonds. The SMILES string of the molecule is O=C(O)c1ccc(F)cc1C1CCN(Cc2ccc(Cl)cc2)CC1. The van der Waals surface area contributed by atoms with Crippen molar-refractivity contribution in [3.05, 3.63) is 70.0 Å². The minimum atomic E-state index is -0.992. The predicted octanol–water partition coefficient (Wildman–Crippen LogP) is 4.56. The molecule has 0 saturated carbocycles. The molecule has 0 atom stereocenters. The average Bonchev–Trinajstić information content (AvgIpc) is 2.57. The van der Waals surface area contributed by atoms with E-state index in [9.17, 15) is 14.3 Å². The summed E-state index contributed by atoms with van der Waals surface area (Å²) in [6, 6.07) is 11.8. The van der Waals surface area contributed by atoms with Gasteiger partial charge in [-0.15, -0.1) is 0 Å². The van der Waals surface area contributed by atoms with E-state index < -0.39 is 5.97 Å². The maximum absolute atomic E-state index is 13.5. The number of carbonyl (C=O) groups is 1. The first-order valence-corrected chi connectivity index (χ1v) is 8.40. The fourth-order valence-corrected chi connectivity index (χ4v) is 3.44. The van der Waals surface area contributed by atoms with Gasteiger partial charge in [-0.25, -0.2) is 9.18 Å². The highest BCUT2D eigenvalue weighted by molar-refractivity contribution is 6.30. The molecule has 0 bridgehead atoms. The molecule has 2 aromatic carbocycles. The van der Waals surface area contributed by atoms with Gasteiger partial charge < -0.3 is 5.11 Å². The number of halogens is 2. The molecule has 2 aromatic rings. The van der Waals surface area contributed by atoms with Crippen molar-refractivity contribution in [1.29, 1.82) is 0 Å². The molecule has 1 aliphatic heterocycles. The summed E-state index contributed by atoms with van der Waals surface area (Å²) in [5.74, 6) is -1.28. The third-order valence-corrected chi connectivity index (χ3v) is 4.84. The third kappa shape index (κ3) is 3.94. The van der Waals surface area contributed by atoms with Crippen LogP contribution in [0, 0.1) is 5.82 Å². The lowest BCUT2D eigenvalue weighted by Crippen LogP contribution is -2.32. The van der Waals surface area contributed by atoms with Crippen molar-refractivity contribution in [3.8, 4) is 0 Å². The quantitative estimate of drug-likeness (QED) is 0.881. The van der Waals surface area contributed by atoms with Crippen LogP contribution in [0.4, 0.5) is 4.39 Å². The van der Waals surface area contributed by atoms with Crippen molar-refractivity contribution in [2.75, 3.05) is 13.1 Å². The van der Waals surface area contributed by atoms with Crippen LogP contribution in [0.1, 0.15) is 40.2 Å². The smallest absolute Gasteiger partial charge is 0.335 e. The second kappa shape index (κ2) is 7.32. The van der Waals surface area contributed by atoms with E-state index in [0.29, 0.717) is 5.56 Å². The summed E-state index contributed by atoms with van der Waals surface area (Å²) >= 11 is 5.90. The van der Waals surface area contributed by atoms with Gasteiger partial charge in [0.1, 0.15) is 5.82 Å².